The van der Waals surface area contributed by atoms with E-state index >= 15 is 0 Å². The van der Waals surface area contributed by atoms with Gasteiger partial charge in [0.2, 0.25) is 0 Å². The summed E-state index contributed by atoms with van der Waals surface area (Å²) in [6, 6.07) is 4.74. The molecule has 0 saturated heterocycles. The quantitative estimate of drug-likeness (QED) is 0.720. The van der Waals surface area contributed by atoms with Gasteiger partial charge in [-0.05, 0) is 30.9 Å². The lowest BCUT2D eigenvalue weighted by Gasteiger charge is -2.15. The third kappa shape index (κ3) is 2.57. The predicted molar refractivity (Wildman–Crippen MR) is 62.3 cm³/mol. The molecule has 1 aromatic carbocycles. The van der Waals surface area contributed by atoms with E-state index in [0.717, 1.165) is 31.4 Å². The average Bonchev–Trinajstić information content (AvgIpc) is 2.73. The van der Waals surface area contributed by atoms with Crippen LogP contribution in [0.5, 0.6) is 0 Å². The first kappa shape index (κ1) is 13.1. The van der Waals surface area contributed by atoms with Crippen LogP contribution in [-0.2, 0) is 6.18 Å². The lowest BCUT2D eigenvalue weighted by atomic mass is 9.89. The van der Waals surface area contributed by atoms with Gasteiger partial charge >= 0.3 is 6.18 Å². The van der Waals surface area contributed by atoms with Crippen LogP contribution in [0, 0.1) is 11.8 Å². The topological polar surface area (TPSA) is 17.1 Å². The largest absolute Gasteiger partial charge is 0.416 e. The second-order valence-corrected chi connectivity index (χ2v) is 4.96. The number of rotatable bonds is 2. The molecule has 0 aromatic heterocycles. The molecule has 2 unspecified atom stereocenters. The highest BCUT2D eigenvalue weighted by Gasteiger charge is 2.33. The van der Waals surface area contributed by atoms with E-state index in [9.17, 15) is 18.0 Å². The van der Waals surface area contributed by atoms with Gasteiger partial charge in [-0.2, -0.15) is 13.2 Å². The van der Waals surface area contributed by atoms with Crippen molar-refractivity contribution in [2.24, 2.45) is 11.8 Å². The Morgan fingerprint density at radius 2 is 2.00 bits per heavy atom. The third-order valence-corrected chi connectivity index (χ3v) is 3.67. The van der Waals surface area contributed by atoms with Crippen molar-refractivity contribution >= 4 is 5.78 Å². The normalized spacial score (nSPS) is 24.2. The molecular formula is C14H15F3O. The monoisotopic (exact) mass is 256 g/mol. The summed E-state index contributed by atoms with van der Waals surface area (Å²) in [5.41, 5.74) is -0.567. The minimum Gasteiger partial charge on any atom is -0.294 e. The Bertz CT molecular complexity index is 451. The molecular weight excluding hydrogens is 241 g/mol. The molecule has 1 saturated carbocycles. The fraction of sp³-hybridized carbons (Fsp3) is 0.500. The number of alkyl halides is 3. The van der Waals surface area contributed by atoms with Crippen LogP contribution >= 0.6 is 0 Å². The third-order valence-electron chi connectivity index (χ3n) is 3.67. The molecule has 4 heteroatoms. The minimum atomic E-state index is -4.39. The number of benzene rings is 1. The maximum atomic E-state index is 12.6. The Hall–Kier alpha value is -1.32. The summed E-state index contributed by atoms with van der Waals surface area (Å²) in [6.45, 7) is 1.99. The lowest BCUT2D eigenvalue weighted by Crippen LogP contribution is -2.18. The molecule has 1 fully saturated rings. The summed E-state index contributed by atoms with van der Waals surface area (Å²) < 4.78 is 37.7. The number of carbonyl (C=O) groups excluding carboxylic acids is 1. The Morgan fingerprint density at radius 3 is 2.56 bits per heavy atom. The van der Waals surface area contributed by atoms with Crippen molar-refractivity contribution in [3.63, 3.8) is 0 Å². The molecule has 2 rings (SSSR count). The van der Waals surface area contributed by atoms with Crippen LogP contribution in [0.15, 0.2) is 24.3 Å². The number of carbonyl (C=O) groups is 1. The van der Waals surface area contributed by atoms with Gasteiger partial charge in [-0.25, -0.2) is 0 Å². The molecule has 0 bridgehead atoms. The number of halogens is 3. The Kier molecular flexibility index (Phi) is 3.46. The maximum Gasteiger partial charge on any atom is 0.416 e. The van der Waals surface area contributed by atoms with E-state index in [1.165, 1.54) is 12.1 Å². The van der Waals surface area contributed by atoms with Crippen molar-refractivity contribution in [3.8, 4) is 0 Å². The average molecular weight is 256 g/mol. The summed E-state index contributed by atoms with van der Waals surface area (Å²) in [5, 5.41) is 0. The van der Waals surface area contributed by atoms with Crippen molar-refractivity contribution in [1.29, 1.82) is 0 Å². The first-order chi connectivity index (χ1) is 8.39. The van der Waals surface area contributed by atoms with E-state index in [0.29, 0.717) is 0 Å². The fourth-order valence-electron chi connectivity index (χ4n) is 2.60. The first-order valence-corrected chi connectivity index (χ1v) is 6.11. The number of hydrogen-bond donors (Lipinski definition) is 0. The summed E-state index contributed by atoms with van der Waals surface area (Å²) in [6.07, 6.45) is -1.64. The predicted octanol–water partition coefficient (Wildman–Crippen LogP) is 4.32. The zero-order valence-corrected chi connectivity index (χ0v) is 10.1. The summed E-state index contributed by atoms with van der Waals surface area (Å²) in [4.78, 5) is 12.2. The highest BCUT2D eigenvalue weighted by atomic mass is 19.4. The number of ketones is 1. The molecule has 0 aliphatic heterocycles. The van der Waals surface area contributed by atoms with E-state index < -0.39 is 11.7 Å². The minimum absolute atomic E-state index is 0.117. The zero-order valence-electron chi connectivity index (χ0n) is 10.1. The van der Waals surface area contributed by atoms with Crippen molar-refractivity contribution in [1.82, 2.24) is 0 Å². The van der Waals surface area contributed by atoms with E-state index in [2.05, 4.69) is 0 Å². The number of hydrogen-bond acceptors (Lipinski definition) is 1. The molecule has 0 amide bonds. The van der Waals surface area contributed by atoms with Gasteiger partial charge in [-0.3, -0.25) is 4.79 Å². The van der Waals surface area contributed by atoms with Gasteiger partial charge in [0, 0.05) is 11.5 Å². The standard InChI is InChI=1S/C14H15F3O/c1-9-4-2-7-12(9)13(18)10-5-3-6-11(8-10)14(15,16)17/h3,5-6,8-9,12H,2,4,7H2,1H3. The van der Waals surface area contributed by atoms with E-state index in [1.807, 2.05) is 6.92 Å². The van der Waals surface area contributed by atoms with Crippen molar-refractivity contribution in [2.45, 2.75) is 32.4 Å². The second-order valence-electron chi connectivity index (χ2n) is 4.96. The smallest absolute Gasteiger partial charge is 0.294 e. The van der Waals surface area contributed by atoms with Crippen LogP contribution in [0.2, 0.25) is 0 Å². The van der Waals surface area contributed by atoms with Gasteiger partial charge in [0.25, 0.3) is 0 Å². The van der Waals surface area contributed by atoms with Crippen LogP contribution in [0.4, 0.5) is 13.2 Å². The molecule has 0 spiro atoms. The van der Waals surface area contributed by atoms with Gasteiger partial charge < -0.3 is 0 Å². The SMILES string of the molecule is CC1CCCC1C(=O)c1cccc(C(F)(F)F)c1. The second kappa shape index (κ2) is 4.75. The summed E-state index contributed by atoms with van der Waals surface area (Å²) >= 11 is 0. The fourth-order valence-corrected chi connectivity index (χ4v) is 2.60. The van der Waals surface area contributed by atoms with Crippen LogP contribution in [0.25, 0.3) is 0 Å². The zero-order chi connectivity index (χ0) is 13.3. The van der Waals surface area contributed by atoms with Gasteiger partial charge in [0.1, 0.15) is 0 Å². The van der Waals surface area contributed by atoms with Gasteiger partial charge in [0.15, 0.2) is 5.78 Å². The number of Topliss-reactive ketones (excluding diaryl/α,β-unsaturated/α-hetero) is 1. The van der Waals surface area contributed by atoms with E-state index in [4.69, 9.17) is 0 Å². The highest BCUT2D eigenvalue weighted by Crippen LogP contribution is 2.35. The molecule has 0 radical (unpaired) electrons. The molecule has 98 valence electrons. The van der Waals surface area contributed by atoms with Crippen LogP contribution in [0.3, 0.4) is 0 Å². The molecule has 1 aliphatic rings. The Balaban J connectivity index is 2.26. The molecule has 18 heavy (non-hydrogen) atoms. The van der Waals surface area contributed by atoms with Gasteiger partial charge in [-0.1, -0.05) is 25.5 Å². The van der Waals surface area contributed by atoms with Crippen molar-refractivity contribution in [2.75, 3.05) is 0 Å². The van der Waals surface area contributed by atoms with Crippen LogP contribution in [-0.4, -0.2) is 5.78 Å². The lowest BCUT2D eigenvalue weighted by molar-refractivity contribution is -0.137. The van der Waals surface area contributed by atoms with Crippen LogP contribution < -0.4 is 0 Å². The molecule has 1 aliphatic carbocycles. The highest BCUT2D eigenvalue weighted by molar-refractivity contribution is 5.98. The molecule has 0 N–H and O–H groups in total. The van der Waals surface area contributed by atoms with Crippen LogP contribution in [0.1, 0.15) is 42.1 Å². The van der Waals surface area contributed by atoms with Gasteiger partial charge in [0.05, 0.1) is 5.56 Å². The van der Waals surface area contributed by atoms with E-state index in [-0.39, 0.29) is 23.2 Å². The molecule has 2 atom stereocenters. The Labute approximate surface area is 104 Å². The molecule has 1 aromatic rings. The van der Waals surface area contributed by atoms with E-state index in [1.54, 1.807) is 0 Å². The van der Waals surface area contributed by atoms with Crippen molar-refractivity contribution < 1.29 is 18.0 Å². The van der Waals surface area contributed by atoms with Gasteiger partial charge in [-0.15, -0.1) is 0 Å². The van der Waals surface area contributed by atoms with Crippen molar-refractivity contribution in [3.05, 3.63) is 35.4 Å². The molecule has 0 heterocycles. The first-order valence-electron chi connectivity index (χ1n) is 6.11. The summed E-state index contributed by atoms with van der Waals surface area (Å²) in [7, 11) is 0. The maximum absolute atomic E-state index is 12.6. The molecule has 1 nitrogen and oxygen atoms in total. The Morgan fingerprint density at radius 1 is 1.28 bits per heavy atom. The summed E-state index contributed by atoms with van der Waals surface area (Å²) in [5.74, 6) is 0.00614.